The van der Waals surface area contributed by atoms with Crippen LogP contribution in [-0.2, 0) is 9.47 Å². The average Bonchev–Trinajstić information content (AvgIpc) is 2.65. The van der Waals surface area contributed by atoms with Crippen molar-refractivity contribution in [1.82, 2.24) is 0 Å². The first-order valence-electron chi connectivity index (χ1n) is 8.17. The third-order valence-electron chi connectivity index (χ3n) is 3.93. The quantitative estimate of drug-likeness (QED) is 0.320. The van der Waals surface area contributed by atoms with Crippen LogP contribution in [0, 0.1) is 0 Å². The number of ketones is 1. The lowest BCUT2D eigenvalue weighted by Crippen LogP contribution is -2.26. The molecule has 0 N–H and O–H groups in total. The van der Waals surface area contributed by atoms with Gasteiger partial charge in [-0.25, -0.2) is 9.18 Å². The fourth-order valence-corrected chi connectivity index (χ4v) is 2.58. The molecule has 1 heterocycles. The highest BCUT2D eigenvalue weighted by Gasteiger charge is 2.23. The van der Waals surface area contributed by atoms with E-state index in [-0.39, 0.29) is 28.6 Å². The SMILES string of the molecule is C=C/C=C(\C(=C)F)C(=O)c1ccc(C(=O)OC)c(OC2CCOCC2)c1. The lowest BCUT2D eigenvalue weighted by molar-refractivity contribution is 0.0245. The summed E-state index contributed by atoms with van der Waals surface area (Å²) in [6.45, 7) is 7.76. The molecule has 1 saturated heterocycles. The molecule has 138 valence electrons. The Hall–Kier alpha value is -2.73. The first-order chi connectivity index (χ1) is 12.5. The molecule has 0 aliphatic carbocycles. The monoisotopic (exact) mass is 360 g/mol. The predicted octanol–water partition coefficient (Wildman–Crippen LogP) is 3.81. The third-order valence-corrected chi connectivity index (χ3v) is 3.93. The van der Waals surface area contributed by atoms with E-state index in [1.807, 2.05) is 0 Å². The third kappa shape index (κ3) is 4.67. The molecule has 0 bridgehead atoms. The largest absolute Gasteiger partial charge is 0.489 e. The molecule has 2 rings (SSSR count). The zero-order chi connectivity index (χ0) is 19.1. The van der Waals surface area contributed by atoms with Crippen molar-refractivity contribution in [3.8, 4) is 5.75 Å². The first kappa shape index (κ1) is 19.6. The smallest absolute Gasteiger partial charge is 0.341 e. The zero-order valence-electron chi connectivity index (χ0n) is 14.6. The Morgan fingerprint density at radius 1 is 1.31 bits per heavy atom. The second-order valence-electron chi connectivity index (χ2n) is 5.68. The van der Waals surface area contributed by atoms with Gasteiger partial charge >= 0.3 is 5.97 Å². The van der Waals surface area contributed by atoms with Crippen molar-refractivity contribution in [2.24, 2.45) is 0 Å². The van der Waals surface area contributed by atoms with Gasteiger partial charge in [-0.15, -0.1) is 0 Å². The molecule has 0 aromatic heterocycles. The highest BCUT2D eigenvalue weighted by atomic mass is 19.1. The number of Topliss-reactive ketones (excluding diaryl/α,β-unsaturated/α-hetero) is 1. The number of hydrogen-bond acceptors (Lipinski definition) is 5. The number of carbonyl (C=O) groups is 2. The molecule has 0 unspecified atom stereocenters. The number of halogens is 1. The molecule has 1 aromatic rings. The van der Waals surface area contributed by atoms with Gasteiger partial charge in [0.2, 0.25) is 0 Å². The number of allylic oxidation sites excluding steroid dienone is 4. The van der Waals surface area contributed by atoms with Crippen molar-refractivity contribution in [3.05, 3.63) is 66.0 Å². The predicted molar refractivity (Wildman–Crippen MR) is 95.1 cm³/mol. The van der Waals surface area contributed by atoms with Gasteiger partial charge in [0.25, 0.3) is 0 Å². The summed E-state index contributed by atoms with van der Waals surface area (Å²) in [5.74, 6) is -1.80. The van der Waals surface area contributed by atoms with Crippen molar-refractivity contribution in [2.45, 2.75) is 18.9 Å². The van der Waals surface area contributed by atoms with Crippen molar-refractivity contribution < 1.29 is 28.2 Å². The van der Waals surface area contributed by atoms with E-state index in [0.717, 1.165) is 0 Å². The lowest BCUT2D eigenvalue weighted by atomic mass is 10.00. The molecule has 1 aliphatic rings. The average molecular weight is 360 g/mol. The molecule has 0 spiro atoms. The number of hydrogen-bond donors (Lipinski definition) is 0. The Balaban J connectivity index is 2.39. The molecule has 1 fully saturated rings. The van der Waals surface area contributed by atoms with Gasteiger partial charge in [0.05, 0.1) is 25.9 Å². The van der Waals surface area contributed by atoms with E-state index in [0.29, 0.717) is 26.1 Å². The van der Waals surface area contributed by atoms with Crippen LogP contribution in [0.15, 0.2) is 54.9 Å². The zero-order valence-corrected chi connectivity index (χ0v) is 14.6. The minimum absolute atomic E-state index is 0.142. The van der Waals surface area contributed by atoms with Crippen molar-refractivity contribution in [3.63, 3.8) is 0 Å². The van der Waals surface area contributed by atoms with E-state index in [1.165, 1.54) is 37.5 Å². The fraction of sp³-hybridized carbons (Fsp3) is 0.300. The number of carbonyl (C=O) groups excluding carboxylic acids is 2. The Kier molecular flexibility index (Phi) is 6.86. The van der Waals surface area contributed by atoms with Crippen LogP contribution in [0.1, 0.15) is 33.6 Å². The highest BCUT2D eigenvalue weighted by molar-refractivity contribution is 6.12. The highest BCUT2D eigenvalue weighted by Crippen LogP contribution is 2.27. The van der Waals surface area contributed by atoms with Crippen LogP contribution >= 0.6 is 0 Å². The van der Waals surface area contributed by atoms with Gasteiger partial charge in [0.1, 0.15) is 23.2 Å². The van der Waals surface area contributed by atoms with E-state index in [1.54, 1.807) is 0 Å². The van der Waals surface area contributed by atoms with Crippen molar-refractivity contribution in [1.29, 1.82) is 0 Å². The molecule has 0 radical (unpaired) electrons. The van der Waals surface area contributed by atoms with Crippen LogP contribution < -0.4 is 4.74 Å². The molecule has 6 heteroatoms. The first-order valence-corrected chi connectivity index (χ1v) is 8.17. The summed E-state index contributed by atoms with van der Waals surface area (Å²) in [5, 5.41) is 0. The molecule has 1 aromatic carbocycles. The maximum absolute atomic E-state index is 13.6. The van der Waals surface area contributed by atoms with Crippen LogP contribution in [0.5, 0.6) is 5.75 Å². The van der Waals surface area contributed by atoms with Crippen LogP contribution in [-0.4, -0.2) is 38.2 Å². The summed E-state index contributed by atoms with van der Waals surface area (Å²) in [6.07, 6.45) is 3.75. The topological polar surface area (TPSA) is 61.8 Å². The standard InChI is InChI=1S/C20H21FO5/c1-4-5-16(13(2)21)19(22)14-6-7-17(20(23)24-3)18(12-14)26-15-8-10-25-11-9-15/h4-7,12,15H,1-2,8-11H2,3H3/b16-5+. The summed E-state index contributed by atoms with van der Waals surface area (Å²) in [7, 11) is 1.26. The molecule has 0 atom stereocenters. The molecule has 0 amide bonds. The van der Waals surface area contributed by atoms with Gasteiger partial charge in [0.15, 0.2) is 5.78 Å². The van der Waals surface area contributed by atoms with E-state index < -0.39 is 17.6 Å². The number of benzene rings is 1. The molecular weight excluding hydrogens is 339 g/mol. The van der Waals surface area contributed by atoms with E-state index in [4.69, 9.17) is 14.2 Å². The van der Waals surface area contributed by atoms with Gasteiger partial charge in [-0.05, 0) is 24.3 Å². The van der Waals surface area contributed by atoms with Gasteiger partial charge in [-0.2, -0.15) is 0 Å². The van der Waals surface area contributed by atoms with Gasteiger partial charge < -0.3 is 14.2 Å². The number of esters is 1. The second-order valence-corrected chi connectivity index (χ2v) is 5.68. The van der Waals surface area contributed by atoms with Crippen LogP contribution in [0.4, 0.5) is 4.39 Å². The Morgan fingerprint density at radius 3 is 2.58 bits per heavy atom. The van der Waals surface area contributed by atoms with E-state index in [2.05, 4.69) is 13.2 Å². The minimum Gasteiger partial charge on any atom is -0.489 e. The lowest BCUT2D eigenvalue weighted by Gasteiger charge is -2.24. The number of ether oxygens (including phenoxy) is 3. The second kappa shape index (κ2) is 9.10. The molecule has 0 saturated carbocycles. The van der Waals surface area contributed by atoms with Gasteiger partial charge in [0, 0.05) is 18.4 Å². The van der Waals surface area contributed by atoms with Gasteiger partial charge in [-0.3, -0.25) is 4.79 Å². The summed E-state index contributed by atoms with van der Waals surface area (Å²) in [5.41, 5.74) is 0.165. The van der Waals surface area contributed by atoms with Crippen molar-refractivity contribution >= 4 is 11.8 Å². The number of rotatable bonds is 7. The molecule has 1 aliphatic heterocycles. The maximum Gasteiger partial charge on any atom is 0.341 e. The summed E-state index contributed by atoms with van der Waals surface area (Å²) in [6, 6.07) is 4.27. The summed E-state index contributed by atoms with van der Waals surface area (Å²) in [4.78, 5) is 24.6. The van der Waals surface area contributed by atoms with E-state index in [9.17, 15) is 14.0 Å². The molecular formula is C20H21FO5. The summed E-state index contributed by atoms with van der Waals surface area (Å²) >= 11 is 0. The Labute approximate surface area is 151 Å². The Bertz CT molecular complexity index is 745. The Morgan fingerprint density at radius 2 is 2.00 bits per heavy atom. The maximum atomic E-state index is 13.6. The minimum atomic E-state index is -0.862. The fourth-order valence-electron chi connectivity index (χ4n) is 2.58. The van der Waals surface area contributed by atoms with Crippen LogP contribution in [0.25, 0.3) is 0 Å². The van der Waals surface area contributed by atoms with Crippen molar-refractivity contribution in [2.75, 3.05) is 20.3 Å². The summed E-state index contributed by atoms with van der Waals surface area (Å²) < 4.78 is 29.5. The van der Waals surface area contributed by atoms with Gasteiger partial charge in [-0.1, -0.05) is 19.2 Å². The molecule has 26 heavy (non-hydrogen) atoms. The van der Waals surface area contributed by atoms with Crippen LogP contribution in [0.3, 0.4) is 0 Å². The molecule has 5 nitrogen and oxygen atoms in total. The normalized spacial score (nSPS) is 15.2. The van der Waals surface area contributed by atoms with Crippen LogP contribution in [0.2, 0.25) is 0 Å². The van der Waals surface area contributed by atoms with E-state index >= 15 is 0 Å². The number of methoxy groups -OCH3 is 1.